The van der Waals surface area contributed by atoms with Crippen LogP contribution in [0.2, 0.25) is 0 Å². The third-order valence-electron chi connectivity index (χ3n) is 4.17. The number of rotatable bonds is 8. The predicted molar refractivity (Wildman–Crippen MR) is 108 cm³/mol. The summed E-state index contributed by atoms with van der Waals surface area (Å²) >= 11 is 0. The molecule has 8 nitrogen and oxygen atoms in total. The Labute approximate surface area is 164 Å². The lowest BCUT2D eigenvalue weighted by Gasteiger charge is -2.12. The summed E-state index contributed by atoms with van der Waals surface area (Å²) in [6, 6.07) is 13.1. The van der Waals surface area contributed by atoms with Crippen LogP contribution in [-0.4, -0.2) is 41.4 Å². The Morgan fingerprint density at radius 1 is 1.04 bits per heavy atom. The molecule has 0 aliphatic carbocycles. The summed E-state index contributed by atoms with van der Waals surface area (Å²) in [5.74, 6) is 1.34. The molecule has 0 atom stereocenters. The van der Waals surface area contributed by atoms with E-state index < -0.39 is 9.84 Å². The van der Waals surface area contributed by atoms with Crippen LogP contribution < -0.4 is 10.6 Å². The molecule has 0 amide bonds. The number of aryl methyl sites for hydroxylation is 2. The van der Waals surface area contributed by atoms with Crippen molar-refractivity contribution >= 4 is 27.3 Å². The zero-order valence-electron chi connectivity index (χ0n) is 15.8. The second-order valence-corrected chi connectivity index (χ2v) is 8.26. The lowest BCUT2D eigenvalue weighted by Crippen LogP contribution is -2.09. The normalized spacial score (nSPS) is 11.4. The van der Waals surface area contributed by atoms with Crippen molar-refractivity contribution in [1.82, 2.24) is 14.8 Å². The summed E-state index contributed by atoms with van der Waals surface area (Å²) in [6.07, 6.45) is 0.527. The second kappa shape index (κ2) is 8.41. The van der Waals surface area contributed by atoms with Gasteiger partial charge in [-0.2, -0.15) is 5.10 Å². The molecule has 0 spiro atoms. The van der Waals surface area contributed by atoms with Crippen LogP contribution in [0.5, 0.6) is 0 Å². The molecule has 1 aromatic carbocycles. The van der Waals surface area contributed by atoms with Gasteiger partial charge in [0.15, 0.2) is 5.82 Å². The summed E-state index contributed by atoms with van der Waals surface area (Å²) < 4.78 is 27.8. The highest BCUT2D eigenvalue weighted by Gasteiger charge is 2.20. The smallest absolute Gasteiger partial charge is 0.206 e. The van der Waals surface area contributed by atoms with Gasteiger partial charge in [0.05, 0.1) is 9.79 Å². The molecule has 3 aromatic rings. The molecule has 3 rings (SSSR count). The molecule has 28 heavy (non-hydrogen) atoms. The van der Waals surface area contributed by atoms with Gasteiger partial charge in [-0.1, -0.05) is 18.2 Å². The summed E-state index contributed by atoms with van der Waals surface area (Å²) in [7, 11) is -1.88. The maximum absolute atomic E-state index is 13.0. The molecule has 2 aromatic heterocycles. The number of aromatic nitrogens is 3. The molecule has 0 unspecified atom stereocenters. The maximum atomic E-state index is 13.0. The number of benzene rings is 1. The molecule has 9 heteroatoms. The Morgan fingerprint density at radius 2 is 1.75 bits per heavy atom. The first-order valence-corrected chi connectivity index (χ1v) is 10.3. The number of aliphatic hydroxyl groups excluding tert-OH is 1. The molecular formula is C19H23N5O3S. The fourth-order valence-corrected chi connectivity index (χ4v) is 3.92. The number of hydrogen-bond donors (Lipinski definition) is 3. The van der Waals surface area contributed by atoms with E-state index in [1.54, 1.807) is 35.0 Å². The number of anilines is 3. The maximum Gasteiger partial charge on any atom is 0.206 e. The van der Waals surface area contributed by atoms with Crippen LogP contribution in [0.4, 0.5) is 17.5 Å². The highest BCUT2D eigenvalue weighted by atomic mass is 32.2. The van der Waals surface area contributed by atoms with Crippen molar-refractivity contribution in [2.45, 2.75) is 23.1 Å². The van der Waals surface area contributed by atoms with Crippen LogP contribution in [-0.2, 0) is 16.9 Å². The molecule has 148 valence electrons. The van der Waals surface area contributed by atoms with Crippen LogP contribution in [0.3, 0.4) is 0 Å². The number of nitrogens with zero attached hydrogens (tertiary/aromatic N) is 3. The van der Waals surface area contributed by atoms with Gasteiger partial charge in [-0.15, -0.1) is 0 Å². The lowest BCUT2D eigenvalue weighted by molar-refractivity contribution is 0.292. The minimum atomic E-state index is -3.70. The van der Waals surface area contributed by atoms with E-state index in [4.69, 9.17) is 5.11 Å². The molecule has 0 saturated carbocycles. The molecule has 0 aliphatic heterocycles. The van der Waals surface area contributed by atoms with Gasteiger partial charge >= 0.3 is 0 Å². The van der Waals surface area contributed by atoms with Gasteiger partial charge in [0.1, 0.15) is 11.6 Å². The van der Waals surface area contributed by atoms with E-state index >= 15 is 0 Å². The second-order valence-electron chi connectivity index (χ2n) is 6.31. The van der Waals surface area contributed by atoms with Crippen LogP contribution in [0, 0.1) is 6.92 Å². The quantitative estimate of drug-likeness (QED) is 0.498. The van der Waals surface area contributed by atoms with Gasteiger partial charge < -0.3 is 15.7 Å². The minimum absolute atomic E-state index is 0.0350. The Bertz CT molecular complexity index is 1030. The summed E-state index contributed by atoms with van der Waals surface area (Å²) in [5, 5.41) is 19.4. The zero-order valence-corrected chi connectivity index (χ0v) is 16.6. The fraction of sp³-hybridized carbons (Fsp3) is 0.263. The fourth-order valence-electron chi connectivity index (χ4n) is 2.60. The zero-order chi connectivity index (χ0) is 20.1. The Kier molecular flexibility index (Phi) is 5.96. The number of sulfone groups is 1. The van der Waals surface area contributed by atoms with Crippen LogP contribution >= 0.6 is 0 Å². The van der Waals surface area contributed by atoms with Crippen molar-refractivity contribution in [2.24, 2.45) is 7.05 Å². The van der Waals surface area contributed by atoms with Crippen LogP contribution in [0.15, 0.2) is 58.3 Å². The minimum Gasteiger partial charge on any atom is -0.396 e. The standard InChI is InChI=1S/C19H23N5O3S/c1-14-11-19(23-24(14)2)22-18-13-16(12-17(21-18)20-9-6-10-25)28(26,27)15-7-4-3-5-8-15/h3-5,7-8,11-13,25H,6,9-10H2,1-2H3,(H2,20,21,22,23). The molecule has 3 N–H and O–H groups in total. The first-order valence-electron chi connectivity index (χ1n) is 8.85. The van der Waals surface area contributed by atoms with E-state index in [2.05, 4.69) is 20.7 Å². The van der Waals surface area contributed by atoms with Gasteiger partial charge in [0, 0.05) is 38.0 Å². The predicted octanol–water partition coefficient (Wildman–Crippen LogP) is 2.49. The number of pyridine rings is 1. The van der Waals surface area contributed by atoms with E-state index in [0.29, 0.717) is 30.4 Å². The highest BCUT2D eigenvalue weighted by Crippen LogP contribution is 2.26. The van der Waals surface area contributed by atoms with E-state index in [9.17, 15) is 8.42 Å². The number of nitrogens with one attached hydrogen (secondary N) is 2. The van der Waals surface area contributed by atoms with Gasteiger partial charge in [-0.3, -0.25) is 4.68 Å². The van der Waals surface area contributed by atoms with Crippen molar-refractivity contribution < 1.29 is 13.5 Å². The molecule has 0 fully saturated rings. The largest absolute Gasteiger partial charge is 0.396 e. The highest BCUT2D eigenvalue weighted by molar-refractivity contribution is 7.91. The van der Waals surface area contributed by atoms with Crippen molar-refractivity contribution in [3.8, 4) is 0 Å². The van der Waals surface area contributed by atoms with E-state index in [1.807, 2.05) is 20.0 Å². The summed E-state index contributed by atoms with van der Waals surface area (Å²) in [6.45, 7) is 2.43. The summed E-state index contributed by atoms with van der Waals surface area (Å²) in [4.78, 5) is 4.76. The lowest BCUT2D eigenvalue weighted by atomic mass is 10.4. The first kappa shape index (κ1) is 19.8. The average molecular weight is 401 g/mol. The van der Waals surface area contributed by atoms with Crippen LogP contribution in [0.25, 0.3) is 0 Å². The molecular weight excluding hydrogens is 378 g/mol. The monoisotopic (exact) mass is 401 g/mol. The van der Waals surface area contributed by atoms with E-state index in [-0.39, 0.29) is 16.4 Å². The number of hydrogen-bond acceptors (Lipinski definition) is 7. The van der Waals surface area contributed by atoms with Crippen molar-refractivity contribution in [2.75, 3.05) is 23.8 Å². The Hall–Kier alpha value is -2.91. The van der Waals surface area contributed by atoms with Crippen molar-refractivity contribution in [1.29, 1.82) is 0 Å². The van der Waals surface area contributed by atoms with Gasteiger partial charge in [0.25, 0.3) is 0 Å². The molecule has 0 saturated heterocycles. The molecule has 2 heterocycles. The van der Waals surface area contributed by atoms with Crippen LogP contribution in [0.1, 0.15) is 12.1 Å². The average Bonchev–Trinajstić information content (AvgIpc) is 2.99. The van der Waals surface area contributed by atoms with E-state index in [0.717, 1.165) is 5.69 Å². The van der Waals surface area contributed by atoms with Gasteiger partial charge in [-0.05, 0) is 31.5 Å². The molecule has 0 aliphatic rings. The van der Waals surface area contributed by atoms with Crippen molar-refractivity contribution in [3.05, 3.63) is 54.2 Å². The van der Waals surface area contributed by atoms with Gasteiger partial charge in [0.2, 0.25) is 9.84 Å². The van der Waals surface area contributed by atoms with E-state index in [1.165, 1.54) is 12.1 Å². The topological polar surface area (TPSA) is 109 Å². The molecule has 0 bridgehead atoms. The Balaban J connectivity index is 1.99. The third kappa shape index (κ3) is 4.49. The molecule has 0 radical (unpaired) electrons. The Morgan fingerprint density at radius 3 is 2.39 bits per heavy atom. The van der Waals surface area contributed by atoms with Gasteiger partial charge in [-0.25, -0.2) is 13.4 Å². The first-order chi connectivity index (χ1) is 13.4. The third-order valence-corrected chi connectivity index (χ3v) is 5.92. The van der Waals surface area contributed by atoms with Crippen molar-refractivity contribution in [3.63, 3.8) is 0 Å². The number of aliphatic hydroxyl groups is 1. The SMILES string of the molecule is Cc1cc(Nc2cc(S(=O)(=O)c3ccccc3)cc(NCCCO)n2)nn1C. The summed E-state index contributed by atoms with van der Waals surface area (Å²) in [5.41, 5.74) is 0.955.